The van der Waals surface area contributed by atoms with E-state index in [1.165, 1.54) is 0 Å². The van der Waals surface area contributed by atoms with Crippen molar-refractivity contribution in [1.29, 1.82) is 0 Å². The molecule has 162 valence electrons. The van der Waals surface area contributed by atoms with Crippen LogP contribution in [0.2, 0.25) is 0 Å². The van der Waals surface area contributed by atoms with Gasteiger partial charge in [-0.15, -0.1) is 10.2 Å². The maximum absolute atomic E-state index is 12.8. The lowest BCUT2D eigenvalue weighted by Gasteiger charge is -2.26. The summed E-state index contributed by atoms with van der Waals surface area (Å²) in [6, 6.07) is 5.30. The number of aromatic nitrogens is 4. The summed E-state index contributed by atoms with van der Waals surface area (Å²) in [5.74, 6) is 2.45. The Morgan fingerprint density at radius 1 is 1.10 bits per heavy atom. The van der Waals surface area contributed by atoms with E-state index in [4.69, 9.17) is 13.9 Å². The van der Waals surface area contributed by atoms with E-state index in [1.807, 2.05) is 0 Å². The number of ether oxygens (including phenoxy) is 2. The van der Waals surface area contributed by atoms with Crippen molar-refractivity contribution in [1.82, 2.24) is 25.5 Å². The highest BCUT2D eigenvalue weighted by molar-refractivity contribution is 5.99. The van der Waals surface area contributed by atoms with Crippen molar-refractivity contribution in [3.05, 3.63) is 48.2 Å². The normalized spacial score (nSPS) is 18.4. The zero-order valence-electron chi connectivity index (χ0n) is 17.6. The van der Waals surface area contributed by atoms with Crippen LogP contribution in [0, 0.1) is 5.92 Å². The third-order valence-corrected chi connectivity index (χ3v) is 5.63. The minimum Gasteiger partial charge on any atom is -0.496 e. The van der Waals surface area contributed by atoms with E-state index in [-0.39, 0.29) is 11.8 Å². The predicted octanol–water partition coefficient (Wildman–Crippen LogP) is 3.25. The number of hydrogen-bond donors (Lipinski definition) is 1. The first-order chi connectivity index (χ1) is 15.2. The Kier molecular flexibility index (Phi) is 6.40. The highest BCUT2D eigenvalue weighted by Gasteiger charge is 2.27. The van der Waals surface area contributed by atoms with E-state index in [9.17, 15) is 4.79 Å². The van der Waals surface area contributed by atoms with Crippen LogP contribution in [-0.4, -0.2) is 46.8 Å². The van der Waals surface area contributed by atoms with Gasteiger partial charge in [-0.3, -0.25) is 9.78 Å². The van der Waals surface area contributed by atoms with Gasteiger partial charge < -0.3 is 19.2 Å². The van der Waals surface area contributed by atoms with Crippen LogP contribution in [0.4, 0.5) is 0 Å². The van der Waals surface area contributed by atoms with Crippen LogP contribution in [0.15, 0.2) is 41.2 Å². The summed E-state index contributed by atoms with van der Waals surface area (Å²) in [5.41, 5.74) is 0.994. The second kappa shape index (κ2) is 9.55. The first-order valence-electron chi connectivity index (χ1n) is 10.3. The smallest absolute Gasteiger partial charge is 0.267 e. The van der Waals surface area contributed by atoms with Crippen molar-refractivity contribution >= 4 is 5.91 Å². The highest BCUT2D eigenvalue weighted by atomic mass is 16.5. The van der Waals surface area contributed by atoms with Crippen LogP contribution in [0.5, 0.6) is 11.5 Å². The van der Waals surface area contributed by atoms with E-state index in [1.54, 1.807) is 51.0 Å². The summed E-state index contributed by atoms with van der Waals surface area (Å²) in [5, 5.41) is 11.4. The van der Waals surface area contributed by atoms with Crippen molar-refractivity contribution in [3.8, 4) is 23.1 Å². The van der Waals surface area contributed by atoms with Crippen molar-refractivity contribution in [2.45, 2.75) is 31.6 Å². The molecule has 1 aliphatic rings. The first-order valence-corrected chi connectivity index (χ1v) is 10.3. The molecule has 1 aliphatic carbocycles. The van der Waals surface area contributed by atoms with E-state index in [0.29, 0.717) is 47.0 Å². The van der Waals surface area contributed by atoms with Crippen LogP contribution < -0.4 is 14.8 Å². The molecule has 1 fully saturated rings. The molecule has 0 unspecified atom stereocenters. The summed E-state index contributed by atoms with van der Waals surface area (Å²) in [4.78, 5) is 21.0. The van der Waals surface area contributed by atoms with Crippen LogP contribution in [0.3, 0.4) is 0 Å². The lowest BCUT2D eigenvalue weighted by molar-refractivity contribution is 0.0936. The standard InChI is InChI=1S/C22H25N5O4/c1-29-17-4-3-5-18(30-2)19(17)20(28)25-12-14-6-8-15(9-7-14)21-26-27-22(31-21)16-13-23-10-11-24-16/h3-5,10-11,13-15H,6-9,12H2,1-2H3,(H,25,28). The Labute approximate surface area is 180 Å². The average Bonchev–Trinajstić information content (AvgIpc) is 3.33. The second-order valence-corrected chi connectivity index (χ2v) is 7.50. The van der Waals surface area contributed by atoms with Gasteiger partial charge in [-0.1, -0.05) is 6.07 Å². The van der Waals surface area contributed by atoms with Gasteiger partial charge in [0.2, 0.25) is 5.89 Å². The molecule has 1 saturated carbocycles. The Balaban J connectivity index is 1.31. The SMILES string of the molecule is COc1cccc(OC)c1C(=O)NCC1CCC(c2nnc(-c3cnccn3)o2)CC1. The summed E-state index contributed by atoms with van der Waals surface area (Å²) in [7, 11) is 3.08. The minimum atomic E-state index is -0.193. The molecule has 4 rings (SSSR count). The number of carbonyl (C=O) groups excluding carboxylic acids is 1. The van der Waals surface area contributed by atoms with E-state index in [2.05, 4.69) is 25.5 Å². The molecule has 9 heteroatoms. The molecule has 0 radical (unpaired) electrons. The van der Waals surface area contributed by atoms with Gasteiger partial charge in [0.25, 0.3) is 11.8 Å². The number of carbonyl (C=O) groups is 1. The van der Waals surface area contributed by atoms with Gasteiger partial charge in [-0.2, -0.15) is 0 Å². The average molecular weight is 423 g/mol. The molecule has 31 heavy (non-hydrogen) atoms. The quantitative estimate of drug-likeness (QED) is 0.616. The molecule has 1 amide bonds. The Morgan fingerprint density at radius 3 is 2.48 bits per heavy atom. The molecular weight excluding hydrogens is 398 g/mol. The van der Waals surface area contributed by atoms with Crippen LogP contribution in [0.1, 0.15) is 47.8 Å². The van der Waals surface area contributed by atoms with Gasteiger partial charge in [0, 0.05) is 24.9 Å². The third kappa shape index (κ3) is 4.65. The van der Waals surface area contributed by atoms with Crippen molar-refractivity contribution < 1.29 is 18.7 Å². The van der Waals surface area contributed by atoms with Crippen molar-refractivity contribution in [3.63, 3.8) is 0 Å². The summed E-state index contributed by atoms with van der Waals surface area (Å²) in [6.45, 7) is 0.599. The molecule has 1 N–H and O–H groups in total. The molecule has 0 bridgehead atoms. The van der Waals surface area contributed by atoms with Gasteiger partial charge >= 0.3 is 0 Å². The second-order valence-electron chi connectivity index (χ2n) is 7.50. The maximum atomic E-state index is 12.8. The topological polar surface area (TPSA) is 112 Å². The monoisotopic (exact) mass is 423 g/mol. The van der Waals surface area contributed by atoms with Gasteiger partial charge in [0.1, 0.15) is 22.8 Å². The van der Waals surface area contributed by atoms with Crippen LogP contribution >= 0.6 is 0 Å². The molecule has 0 saturated heterocycles. The zero-order chi connectivity index (χ0) is 21.6. The zero-order valence-corrected chi connectivity index (χ0v) is 17.6. The number of methoxy groups -OCH3 is 2. The lowest BCUT2D eigenvalue weighted by Crippen LogP contribution is -2.31. The number of nitrogens with zero attached hydrogens (tertiary/aromatic N) is 4. The Morgan fingerprint density at radius 2 is 1.84 bits per heavy atom. The number of amides is 1. The highest BCUT2D eigenvalue weighted by Crippen LogP contribution is 2.36. The number of benzene rings is 1. The number of rotatable bonds is 7. The fraction of sp³-hybridized carbons (Fsp3) is 0.409. The van der Waals surface area contributed by atoms with Crippen molar-refractivity contribution in [2.75, 3.05) is 20.8 Å². The van der Waals surface area contributed by atoms with Gasteiger partial charge in [0.05, 0.1) is 20.4 Å². The van der Waals surface area contributed by atoms with Crippen LogP contribution in [-0.2, 0) is 0 Å². The van der Waals surface area contributed by atoms with E-state index < -0.39 is 0 Å². The van der Waals surface area contributed by atoms with Crippen LogP contribution in [0.25, 0.3) is 11.6 Å². The fourth-order valence-corrected chi connectivity index (χ4v) is 3.93. The fourth-order valence-electron chi connectivity index (χ4n) is 3.93. The van der Waals surface area contributed by atoms with Crippen molar-refractivity contribution in [2.24, 2.45) is 5.92 Å². The lowest BCUT2D eigenvalue weighted by atomic mass is 9.82. The van der Waals surface area contributed by atoms with Gasteiger partial charge in [-0.25, -0.2) is 4.98 Å². The Bertz CT molecular complexity index is 994. The molecule has 3 aromatic rings. The molecule has 2 aromatic heterocycles. The summed E-state index contributed by atoms with van der Waals surface area (Å²) >= 11 is 0. The third-order valence-electron chi connectivity index (χ3n) is 5.63. The van der Waals surface area contributed by atoms with Gasteiger partial charge in [0.15, 0.2) is 0 Å². The molecule has 1 aromatic carbocycles. The minimum absolute atomic E-state index is 0.193. The molecule has 0 aliphatic heterocycles. The summed E-state index contributed by atoms with van der Waals surface area (Å²) < 4.78 is 16.5. The maximum Gasteiger partial charge on any atom is 0.267 e. The molecular formula is C22H25N5O4. The largest absolute Gasteiger partial charge is 0.496 e. The molecule has 0 atom stereocenters. The number of hydrogen-bond acceptors (Lipinski definition) is 8. The predicted molar refractivity (Wildman–Crippen MR) is 112 cm³/mol. The molecule has 0 spiro atoms. The van der Waals surface area contributed by atoms with E-state index >= 15 is 0 Å². The molecule has 2 heterocycles. The Hall–Kier alpha value is -3.49. The van der Waals surface area contributed by atoms with Gasteiger partial charge in [-0.05, 0) is 43.7 Å². The number of nitrogens with one attached hydrogen (secondary N) is 1. The van der Waals surface area contributed by atoms with E-state index in [0.717, 1.165) is 25.7 Å². The first kappa shape index (κ1) is 20.8. The summed E-state index contributed by atoms with van der Waals surface area (Å²) in [6.07, 6.45) is 8.60. The molecule has 9 nitrogen and oxygen atoms in total.